The summed E-state index contributed by atoms with van der Waals surface area (Å²) in [6.45, 7) is 0. The van der Waals surface area contributed by atoms with E-state index in [1.807, 2.05) is 0 Å². The number of nitrogens with zero attached hydrogens (tertiary/aromatic N) is 1. The number of alkyl halides is 4. The molecule has 0 spiro atoms. The fourth-order valence-corrected chi connectivity index (χ4v) is 1.58. The zero-order valence-electron chi connectivity index (χ0n) is 9.03. The van der Waals surface area contributed by atoms with Crippen molar-refractivity contribution in [3.8, 4) is 0 Å². The van der Waals surface area contributed by atoms with Crippen LogP contribution in [0.2, 0.25) is 0 Å². The lowest BCUT2D eigenvalue weighted by Crippen LogP contribution is -2.17. The van der Waals surface area contributed by atoms with Gasteiger partial charge in [-0.1, -0.05) is 0 Å². The molecule has 0 aliphatic carbocycles. The van der Waals surface area contributed by atoms with E-state index in [1.54, 1.807) is 0 Å². The molecule has 0 unspecified atom stereocenters. The van der Waals surface area contributed by atoms with E-state index in [1.165, 1.54) is 0 Å². The molecule has 0 radical (unpaired) electrons. The van der Waals surface area contributed by atoms with Gasteiger partial charge >= 0.3 is 6.18 Å². The van der Waals surface area contributed by atoms with E-state index >= 15 is 0 Å². The molecule has 102 valence electrons. The van der Waals surface area contributed by atoms with Gasteiger partial charge in [0, 0.05) is 23.3 Å². The molecule has 0 fully saturated rings. The second-order valence-electron chi connectivity index (χ2n) is 3.39. The fraction of sp³-hybridized carbons (Fsp3) is 0.200. The molecule has 0 saturated heterocycles. The van der Waals surface area contributed by atoms with Gasteiger partial charge in [-0.25, -0.2) is 0 Å². The van der Waals surface area contributed by atoms with Gasteiger partial charge in [0.1, 0.15) is 0 Å². The van der Waals surface area contributed by atoms with Gasteiger partial charge in [0.25, 0.3) is 5.69 Å². The van der Waals surface area contributed by atoms with Crippen LogP contribution in [0.15, 0.2) is 12.1 Å². The van der Waals surface area contributed by atoms with E-state index in [0.29, 0.717) is 6.07 Å². The molecule has 0 heterocycles. The molecular formula is C10H5ClF3NO4. The van der Waals surface area contributed by atoms with Gasteiger partial charge in [0.05, 0.1) is 16.4 Å². The molecule has 0 N–H and O–H groups in total. The highest BCUT2D eigenvalue weighted by Crippen LogP contribution is 2.36. The minimum Gasteiger partial charge on any atom is -0.298 e. The van der Waals surface area contributed by atoms with Crippen LogP contribution in [0.5, 0.6) is 0 Å². The van der Waals surface area contributed by atoms with Crippen LogP contribution in [0.25, 0.3) is 0 Å². The number of carbonyl (C=O) groups excluding carboxylic acids is 2. The number of benzene rings is 1. The van der Waals surface area contributed by atoms with Gasteiger partial charge in [-0.15, -0.1) is 11.6 Å². The lowest BCUT2D eigenvalue weighted by molar-refractivity contribution is -0.385. The first-order valence-electron chi connectivity index (χ1n) is 4.66. The van der Waals surface area contributed by atoms with E-state index in [9.17, 15) is 32.9 Å². The molecule has 0 saturated carbocycles. The van der Waals surface area contributed by atoms with Gasteiger partial charge in [-0.3, -0.25) is 19.7 Å². The number of ketones is 1. The Labute approximate surface area is 109 Å². The van der Waals surface area contributed by atoms with Crippen molar-refractivity contribution in [1.82, 2.24) is 0 Å². The average molecular weight is 296 g/mol. The second-order valence-corrected chi connectivity index (χ2v) is 3.65. The number of nitro benzene ring substituents is 1. The van der Waals surface area contributed by atoms with Crippen molar-refractivity contribution in [2.45, 2.75) is 6.18 Å². The van der Waals surface area contributed by atoms with Crippen LogP contribution in [0.3, 0.4) is 0 Å². The Hall–Kier alpha value is -1.96. The van der Waals surface area contributed by atoms with Gasteiger partial charge in [-0.05, 0) is 0 Å². The summed E-state index contributed by atoms with van der Waals surface area (Å²) in [6, 6.07) is 0.800. The number of non-ortho nitro benzene ring substituents is 1. The van der Waals surface area contributed by atoms with Crippen molar-refractivity contribution in [3.05, 3.63) is 38.9 Å². The van der Waals surface area contributed by atoms with Crippen LogP contribution in [0.1, 0.15) is 26.3 Å². The van der Waals surface area contributed by atoms with Gasteiger partial charge < -0.3 is 0 Å². The van der Waals surface area contributed by atoms with Gasteiger partial charge in [0.2, 0.25) is 0 Å². The molecule has 0 aromatic heterocycles. The molecule has 1 rings (SSSR count). The predicted molar refractivity (Wildman–Crippen MR) is 58.5 cm³/mol. The zero-order chi connectivity index (χ0) is 14.8. The normalized spacial score (nSPS) is 11.2. The van der Waals surface area contributed by atoms with Crippen LogP contribution in [-0.4, -0.2) is 22.9 Å². The van der Waals surface area contributed by atoms with Crippen molar-refractivity contribution < 1.29 is 27.7 Å². The van der Waals surface area contributed by atoms with Crippen molar-refractivity contribution >= 4 is 29.4 Å². The first-order chi connectivity index (χ1) is 8.72. The molecule has 1 aromatic rings. The first-order valence-corrected chi connectivity index (χ1v) is 5.19. The molecule has 1 aromatic carbocycles. The standard InChI is InChI=1S/C10H5ClF3NO4/c11-3-8(17)9-5(4-16)1-6(15(18)19)2-7(9)10(12,13)14/h1-2,4H,3H2. The van der Waals surface area contributed by atoms with Crippen LogP contribution < -0.4 is 0 Å². The third-order valence-electron chi connectivity index (χ3n) is 2.20. The van der Waals surface area contributed by atoms with E-state index in [0.717, 1.165) is 0 Å². The lowest BCUT2D eigenvalue weighted by atomic mass is 9.97. The minimum atomic E-state index is -5.01. The van der Waals surface area contributed by atoms with E-state index < -0.39 is 45.1 Å². The number of halogens is 4. The maximum atomic E-state index is 12.8. The number of carbonyl (C=O) groups is 2. The summed E-state index contributed by atoms with van der Waals surface area (Å²) in [5.41, 5.74) is -4.15. The summed E-state index contributed by atoms with van der Waals surface area (Å²) in [7, 11) is 0. The highest BCUT2D eigenvalue weighted by atomic mass is 35.5. The van der Waals surface area contributed by atoms with Crippen LogP contribution >= 0.6 is 11.6 Å². The van der Waals surface area contributed by atoms with Gasteiger partial charge in [0.15, 0.2) is 12.1 Å². The monoisotopic (exact) mass is 295 g/mol. The van der Waals surface area contributed by atoms with Crippen LogP contribution in [0, 0.1) is 10.1 Å². The molecule has 0 atom stereocenters. The van der Waals surface area contributed by atoms with E-state index in [2.05, 4.69) is 0 Å². The Balaban J connectivity index is 3.72. The first kappa shape index (κ1) is 15.1. The summed E-state index contributed by atoms with van der Waals surface area (Å²) in [6.07, 6.45) is -5.07. The number of hydrogen-bond donors (Lipinski definition) is 0. The Bertz CT molecular complexity index is 556. The molecule has 0 aliphatic rings. The summed E-state index contributed by atoms with van der Waals surface area (Å²) >= 11 is 5.17. The number of Topliss-reactive ketones (excluding diaryl/α,β-unsaturated/α-hetero) is 1. The summed E-state index contributed by atoms with van der Waals surface area (Å²) in [5.74, 6) is -1.91. The topological polar surface area (TPSA) is 77.3 Å². The number of aldehydes is 1. The maximum Gasteiger partial charge on any atom is 0.417 e. The van der Waals surface area contributed by atoms with Crippen LogP contribution in [-0.2, 0) is 6.18 Å². The quantitative estimate of drug-likeness (QED) is 0.281. The van der Waals surface area contributed by atoms with E-state index in [-0.39, 0.29) is 12.4 Å². The lowest BCUT2D eigenvalue weighted by Gasteiger charge is -2.13. The molecular weight excluding hydrogens is 291 g/mol. The van der Waals surface area contributed by atoms with Crippen LogP contribution in [0.4, 0.5) is 18.9 Å². The number of rotatable bonds is 4. The van der Waals surface area contributed by atoms with Crippen molar-refractivity contribution in [2.24, 2.45) is 0 Å². The molecule has 19 heavy (non-hydrogen) atoms. The third kappa shape index (κ3) is 3.08. The number of nitro groups is 1. The minimum absolute atomic E-state index is 0.0535. The fourth-order valence-electron chi connectivity index (χ4n) is 1.45. The predicted octanol–water partition coefficient (Wildman–Crippen LogP) is 2.85. The third-order valence-corrected chi connectivity index (χ3v) is 2.44. The van der Waals surface area contributed by atoms with Crippen molar-refractivity contribution in [2.75, 3.05) is 5.88 Å². The summed E-state index contributed by atoms with van der Waals surface area (Å²) in [4.78, 5) is 31.5. The van der Waals surface area contributed by atoms with Crippen molar-refractivity contribution in [3.63, 3.8) is 0 Å². The molecule has 0 amide bonds. The number of hydrogen-bond acceptors (Lipinski definition) is 4. The van der Waals surface area contributed by atoms with E-state index in [4.69, 9.17) is 11.6 Å². The van der Waals surface area contributed by atoms with Gasteiger partial charge in [-0.2, -0.15) is 13.2 Å². The highest BCUT2D eigenvalue weighted by molar-refractivity contribution is 6.31. The Morgan fingerprint density at radius 1 is 1.42 bits per heavy atom. The highest BCUT2D eigenvalue weighted by Gasteiger charge is 2.38. The smallest absolute Gasteiger partial charge is 0.298 e. The Morgan fingerprint density at radius 3 is 2.37 bits per heavy atom. The molecule has 0 aliphatic heterocycles. The summed E-state index contributed by atoms with van der Waals surface area (Å²) in [5, 5.41) is 10.5. The van der Waals surface area contributed by atoms with Crippen molar-refractivity contribution in [1.29, 1.82) is 0 Å². The maximum absolute atomic E-state index is 12.8. The molecule has 9 heteroatoms. The zero-order valence-corrected chi connectivity index (χ0v) is 9.79. The molecule has 0 bridgehead atoms. The SMILES string of the molecule is O=Cc1cc([N+](=O)[O-])cc(C(F)(F)F)c1C(=O)CCl. The average Bonchev–Trinajstić information content (AvgIpc) is 2.34. The Morgan fingerprint density at radius 2 is 2.00 bits per heavy atom. The Kier molecular flexibility index (Phi) is 4.25. The largest absolute Gasteiger partial charge is 0.417 e. The second kappa shape index (κ2) is 5.35. The molecule has 5 nitrogen and oxygen atoms in total. The summed E-state index contributed by atoms with van der Waals surface area (Å²) < 4.78 is 38.3.